The van der Waals surface area contributed by atoms with E-state index in [1.165, 1.54) is 70.6 Å². The number of hydrogen-bond donors (Lipinski definition) is 4. The molecule has 5 saturated carbocycles. The van der Waals surface area contributed by atoms with Crippen LogP contribution in [0.4, 0.5) is 0 Å². The molecule has 0 aliphatic heterocycles. The van der Waals surface area contributed by atoms with Crippen LogP contribution in [0, 0.1) is 62.1 Å². The zero-order chi connectivity index (χ0) is 28.8. The third kappa shape index (κ3) is 4.26. The first kappa shape index (κ1) is 30.3. The molecule has 0 heterocycles. The molecule has 0 bridgehead atoms. The van der Waals surface area contributed by atoms with Gasteiger partial charge in [0.1, 0.15) is 12.2 Å². The second kappa shape index (κ2) is 9.68. The van der Waals surface area contributed by atoms with Gasteiger partial charge < -0.3 is 20.4 Å². The lowest BCUT2D eigenvalue weighted by molar-refractivity contribution is -0.242. The standard InChI is InChI=1S/C35H62O4/c1-30(2)15-9-16-33(6)26(30)14-19-35(8)28(33)11-10-27-32(5)17-12-22(23(32)13-18-34(27,35)7)31(3,4)20-24(37)29(39)25(38)21-36/h22-29,36-39H,9-21H2,1-8H3. The molecule has 39 heavy (non-hydrogen) atoms. The molecule has 0 aromatic heterocycles. The van der Waals surface area contributed by atoms with Gasteiger partial charge in [-0.25, -0.2) is 0 Å². The van der Waals surface area contributed by atoms with Crippen molar-refractivity contribution >= 4 is 0 Å². The Hall–Kier alpha value is -0.160. The molecule has 0 radical (unpaired) electrons. The first-order chi connectivity index (χ1) is 18.0. The molecule has 12 unspecified atom stereocenters. The summed E-state index contributed by atoms with van der Waals surface area (Å²) in [5.41, 5.74) is 1.96. The number of rotatable bonds is 6. The molecule has 4 N–H and O–H groups in total. The molecular formula is C35H62O4. The minimum absolute atomic E-state index is 0.133. The highest BCUT2D eigenvalue weighted by Gasteiger charge is 2.70. The van der Waals surface area contributed by atoms with E-state index in [2.05, 4.69) is 55.4 Å². The predicted octanol–water partition coefficient (Wildman–Crippen LogP) is 6.97. The van der Waals surface area contributed by atoms with Crippen molar-refractivity contribution in [1.82, 2.24) is 0 Å². The largest absolute Gasteiger partial charge is 0.394 e. The quantitative estimate of drug-likeness (QED) is 0.290. The van der Waals surface area contributed by atoms with Crippen LogP contribution in [0.1, 0.15) is 132 Å². The normalized spacial score (nSPS) is 49.7. The average Bonchev–Trinajstić information content (AvgIpc) is 3.20. The molecule has 0 amide bonds. The summed E-state index contributed by atoms with van der Waals surface area (Å²) in [5, 5.41) is 40.4. The van der Waals surface area contributed by atoms with E-state index in [0.717, 1.165) is 17.8 Å². The van der Waals surface area contributed by atoms with Crippen molar-refractivity contribution < 1.29 is 20.4 Å². The summed E-state index contributed by atoms with van der Waals surface area (Å²) in [4.78, 5) is 0. The lowest BCUT2D eigenvalue weighted by Crippen LogP contribution is -2.66. The SMILES string of the molecule is CC(C)(CC(O)C(O)C(O)CO)C1CCC2(C)C1CCC1(C)C2CCC2C3(C)CCCC(C)(C)C3CCC21C. The lowest BCUT2D eigenvalue weighted by atomic mass is 9.32. The minimum atomic E-state index is -1.30. The monoisotopic (exact) mass is 546 g/mol. The molecule has 4 nitrogen and oxygen atoms in total. The molecule has 0 aromatic rings. The molecule has 0 spiro atoms. The summed E-state index contributed by atoms with van der Waals surface area (Å²) in [6.45, 7) is 19.9. The first-order valence-corrected chi connectivity index (χ1v) is 16.6. The van der Waals surface area contributed by atoms with Crippen molar-refractivity contribution in [3.8, 4) is 0 Å². The maximum Gasteiger partial charge on any atom is 0.108 e. The van der Waals surface area contributed by atoms with Crippen molar-refractivity contribution in [1.29, 1.82) is 0 Å². The molecule has 0 aromatic carbocycles. The molecule has 5 aliphatic rings. The van der Waals surface area contributed by atoms with E-state index in [-0.39, 0.29) is 5.41 Å². The van der Waals surface area contributed by atoms with Gasteiger partial charge in [0.05, 0.1) is 12.7 Å². The van der Waals surface area contributed by atoms with Crippen molar-refractivity contribution in [2.45, 2.75) is 151 Å². The maximum absolute atomic E-state index is 10.8. The fourth-order valence-corrected chi connectivity index (χ4v) is 13.4. The summed E-state index contributed by atoms with van der Waals surface area (Å²) in [7, 11) is 0. The molecule has 12 atom stereocenters. The van der Waals surface area contributed by atoms with E-state index in [1.54, 1.807) is 0 Å². The molecule has 5 fully saturated rings. The van der Waals surface area contributed by atoms with Gasteiger partial charge in [-0.15, -0.1) is 0 Å². The average molecular weight is 547 g/mol. The van der Waals surface area contributed by atoms with Gasteiger partial charge in [0.2, 0.25) is 0 Å². The third-order valence-corrected chi connectivity index (χ3v) is 15.4. The molecule has 0 saturated heterocycles. The molecule has 5 rings (SSSR count). The second-order valence-electron chi connectivity index (χ2n) is 17.8. The summed E-state index contributed by atoms with van der Waals surface area (Å²) in [5.74, 6) is 3.63. The highest BCUT2D eigenvalue weighted by Crippen LogP contribution is 2.78. The van der Waals surface area contributed by atoms with Gasteiger partial charge in [0.25, 0.3) is 0 Å². The third-order valence-electron chi connectivity index (χ3n) is 15.4. The van der Waals surface area contributed by atoms with E-state index in [1.807, 2.05) is 0 Å². The fourth-order valence-electron chi connectivity index (χ4n) is 13.4. The van der Waals surface area contributed by atoms with E-state index >= 15 is 0 Å². The number of fused-ring (bicyclic) bond motifs is 7. The van der Waals surface area contributed by atoms with Crippen LogP contribution in [0.2, 0.25) is 0 Å². The van der Waals surface area contributed by atoms with Crippen LogP contribution in [0.5, 0.6) is 0 Å². The Balaban J connectivity index is 1.39. The van der Waals surface area contributed by atoms with Crippen molar-refractivity contribution in [2.24, 2.45) is 62.1 Å². The molecule has 5 aliphatic carbocycles. The van der Waals surface area contributed by atoms with Crippen LogP contribution in [0.3, 0.4) is 0 Å². The van der Waals surface area contributed by atoms with Gasteiger partial charge in [0, 0.05) is 0 Å². The molecular weight excluding hydrogens is 484 g/mol. The number of aliphatic hydroxyl groups is 4. The van der Waals surface area contributed by atoms with Crippen LogP contribution in [-0.4, -0.2) is 45.3 Å². The van der Waals surface area contributed by atoms with Crippen molar-refractivity contribution in [3.05, 3.63) is 0 Å². The lowest BCUT2D eigenvalue weighted by Gasteiger charge is -2.73. The topological polar surface area (TPSA) is 80.9 Å². The zero-order valence-electron chi connectivity index (χ0n) is 26.6. The van der Waals surface area contributed by atoms with Gasteiger partial charge >= 0.3 is 0 Å². The Bertz CT molecular complexity index is 914. The summed E-state index contributed by atoms with van der Waals surface area (Å²) < 4.78 is 0. The van der Waals surface area contributed by atoms with Gasteiger partial charge in [-0.05, 0) is 133 Å². The molecule has 226 valence electrons. The van der Waals surface area contributed by atoms with E-state index in [0.29, 0.717) is 45.3 Å². The Labute approximate surface area is 239 Å². The maximum atomic E-state index is 10.8. The Morgan fingerprint density at radius 2 is 1.26 bits per heavy atom. The van der Waals surface area contributed by atoms with Crippen LogP contribution < -0.4 is 0 Å². The first-order valence-electron chi connectivity index (χ1n) is 16.6. The smallest absolute Gasteiger partial charge is 0.108 e. The fraction of sp³-hybridized carbons (Fsp3) is 1.00. The number of hydrogen-bond acceptors (Lipinski definition) is 4. The van der Waals surface area contributed by atoms with Crippen LogP contribution in [0.15, 0.2) is 0 Å². The zero-order valence-corrected chi connectivity index (χ0v) is 26.6. The summed E-state index contributed by atoms with van der Waals surface area (Å²) in [6, 6.07) is 0. The van der Waals surface area contributed by atoms with E-state index < -0.39 is 24.9 Å². The van der Waals surface area contributed by atoms with E-state index in [4.69, 9.17) is 0 Å². The van der Waals surface area contributed by atoms with Gasteiger partial charge in [-0.1, -0.05) is 61.8 Å². The van der Waals surface area contributed by atoms with E-state index in [9.17, 15) is 20.4 Å². The summed E-state index contributed by atoms with van der Waals surface area (Å²) in [6.07, 6.45) is 11.8. The predicted molar refractivity (Wildman–Crippen MR) is 158 cm³/mol. The van der Waals surface area contributed by atoms with Crippen molar-refractivity contribution in [3.63, 3.8) is 0 Å². The minimum Gasteiger partial charge on any atom is -0.394 e. The van der Waals surface area contributed by atoms with Crippen LogP contribution in [-0.2, 0) is 0 Å². The number of aliphatic hydroxyl groups excluding tert-OH is 4. The van der Waals surface area contributed by atoms with Gasteiger partial charge in [-0.3, -0.25) is 0 Å². The van der Waals surface area contributed by atoms with Crippen LogP contribution >= 0.6 is 0 Å². The molecule has 4 heteroatoms. The van der Waals surface area contributed by atoms with Gasteiger partial charge in [0.15, 0.2) is 0 Å². The summed E-state index contributed by atoms with van der Waals surface area (Å²) >= 11 is 0. The van der Waals surface area contributed by atoms with Crippen LogP contribution in [0.25, 0.3) is 0 Å². The van der Waals surface area contributed by atoms with Crippen molar-refractivity contribution in [2.75, 3.05) is 6.61 Å². The Morgan fingerprint density at radius 1 is 0.667 bits per heavy atom. The highest BCUT2D eigenvalue weighted by molar-refractivity contribution is 5.19. The van der Waals surface area contributed by atoms with Gasteiger partial charge in [-0.2, -0.15) is 0 Å². The Morgan fingerprint density at radius 3 is 1.87 bits per heavy atom. The Kier molecular flexibility index (Phi) is 7.52. The second-order valence-corrected chi connectivity index (χ2v) is 17.8. The highest BCUT2D eigenvalue weighted by atomic mass is 16.4.